The zero-order chi connectivity index (χ0) is 18.5. The number of nitrogens with zero attached hydrogens (tertiary/aromatic N) is 2. The van der Waals surface area contributed by atoms with E-state index in [0.29, 0.717) is 23.8 Å². The number of benzene rings is 2. The maximum Gasteiger partial charge on any atom is 0.321 e. The van der Waals surface area contributed by atoms with E-state index in [1.54, 1.807) is 6.07 Å². The molecule has 0 radical (unpaired) electrons. The molecule has 4 nitrogen and oxygen atoms in total. The number of carbonyl (C=O) groups excluding carboxylic acids is 1. The summed E-state index contributed by atoms with van der Waals surface area (Å²) in [5.74, 6) is -0.219. The molecular weight excluding hydrogens is 353 g/mol. The predicted molar refractivity (Wildman–Crippen MR) is 103 cm³/mol. The van der Waals surface area contributed by atoms with Crippen molar-refractivity contribution in [3.63, 3.8) is 0 Å². The standard InChI is InChI=1S/C20H23ClFN3O/c1-15-3-8-18(13-19(15)21)23-20(26)25-10-2-9-24(11-12-25)14-16-4-6-17(22)7-5-16/h3-8,13H,2,9-12,14H2,1H3,(H,23,26). The molecular formula is C20H23ClFN3O. The SMILES string of the molecule is Cc1ccc(NC(=O)N2CCCN(Cc3ccc(F)cc3)CC2)cc1Cl. The van der Waals surface area contributed by atoms with Crippen LogP contribution in [0.1, 0.15) is 17.5 Å². The minimum Gasteiger partial charge on any atom is -0.323 e. The maximum atomic E-state index is 13.0. The van der Waals surface area contributed by atoms with Crippen LogP contribution in [0.15, 0.2) is 42.5 Å². The Bertz CT molecular complexity index is 766. The molecule has 0 bridgehead atoms. The van der Waals surface area contributed by atoms with Crippen LogP contribution in [-0.2, 0) is 6.54 Å². The third-order valence-corrected chi connectivity index (χ3v) is 5.03. The van der Waals surface area contributed by atoms with Crippen molar-refractivity contribution in [2.24, 2.45) is 0 Å². The summed E-state index contributed by atoms with van der Waals surface area (Å²) < 4.78 is 13.0. The van der Waals surface area contributed by atoms with E-state index in [0.717, 1.165) is 37.2 Å². The number of hydrogen-bond donors (Lipinski definition) is 1. The molecule has 0 aromatic heterocycles. The van der Waals surface area contributed by atoms with Crippen LogP contribution in [-0.4, -0.2) is 42.0 Å². The van der Waals surface area contributed by atoms with Crippen molar-refractivity contribution >= 4 is 23.3 Å². The number of amides is 2. The van der Waals surface area contributed by atoms with Crippen LogP contribution in [0.25, 0.3) is 0 Å². The molecule has 3 rings (SSSR count). The Morgan fingerprint density at radius 1 is 1.12 bits per heavy atom. The van der Waals surface area contributed by atoms with Crippen LogP contribution < -0.4 is 5.32 Å². The number of anilines is 1. The van der Waals surface area contributed by atoms with Gasteiger partial charge in [0.05, 0.1) is 0 Å². The fraction of sp³-hybridized carbons (Fsp3) is 0.350. The van der Waals surface area contributed by atoms with Gasteiger partial charge in [0.2, 0.25) is 0 Å². The first kappa shape index (κ1) is 18.7. The number of urea groups is 1. The highest BCUT2D eigenvalue weighted by Crippen LogP contribution is 2.20. The molecule has 1 aliphatic rings. The van der Waals surface area contributed by atoms with Gasteiger partial charge in [0.1, 0.15) is 5.82 Å². The molecule has 0 atom stereocenters. The van der Waals surface area contributed by atoms with E-state index in [4.69, 9.17) is 11.6 Å². The van der Waals surface area contributed by atoms with Gasteiger partial charge in [-0.15, -0.1) is 0 Å². The third-order valence-electron chi connectivity index (χ3n) is 4.62. The van der Waals surface area contributed by atoms with Crippen LogP contribution in [0.2, 0.25) is 5.02 Å². The number of nitrogens with one attached hydrogen (secondary N) is 1. The lowest BCUT2D eigenvalue weighted by atomic mass is 10.2. The topological polar surface area (TPSA) is 35.6 Å². The first-order valence-electron chi connectivity index (χ1n) is 8.80. The monoisotopic (exact) mass is 375 g/mol. The lowest BCUT2D eigenvalue weighted by molar-refractivity contribution is 0.211. The van der Waals surface area contributed by atoms with Crippen LogP contribution in [0, 0.1) is 12.7 Å². The fourth-order valence-electron chi connectivity index (χ4n) is 3.05. The van der Waals surface area contributed by atoms with Crippen molar-refractivity contribution in [3.05, 3.63) is 64.4 Å². The Labute approximate surface area is 158 Å². The second-order valence-electron chi connectivity index (χ2n) is 6.64. The Balaban J connectivity index is 1.54. The van der Waals surface area contributed by atoms with E-state index in [1.165, 1.54) is 12.1 Å². The van der Waals surface area contributed by atoms with Crippen molar-refractivity contribution in [1.82, 2.24) is 9.80 Å². The molecule has 138 valence electrons. The Kier molecular flexibility index (Phi) is 6.12. The van der Waals surface area contributed by atoms with Gasteiger partial charge in [-0.1, -0.05) is 29.8 Å². The zero-order valence-electron chi connectivity index (χ0n) is 14.8. The van der Waals surface area contributed by atoms with E-state index in [2.05, 4.69) is 10.2 Å². The summed E-state index contributed by atoms with van der Waals surface area (Å²) >= 11 is 6.12. The van der Waals surface area contributed by atoms with Crippen molar-refractivity contribution in [1.29, 1.82) is 0 Å². The van der Waals surface area contributed by atoms with Gasteiger partial charge in [0.25, 0.3) is 0 Å². The molecule has 0 spiro atoms. The van der Waals surface area contributed by atoms with Crippen LogP contribution in [0.4, 0.5) is 14.9 Å². The van der Waals surface area contributed by atoms with Crippen LogP contribution in [0.5, 0.6) is 0 Å². The van der Waals surface area contributed by atoms with Crippen molar-refractivity contribution in [2.45, 2.75) is 19.9 Å². The fourth-order valence-corrected chi connectivity index (χ4v) is 3.23. The van der Waals surface area contributed by atoms with Gasteiger partial charge in [-0.05, 0) is 48.7 Å². The average molecular weight is 376 g/mol. The molecule has 1 aliphatic heterocycles. The van der Waals surface area contributed by atoms with Crippen LogP contribution in [0.3, 0.4) is 0 Å². The Morgan fingerprint density at radius 3 is 2.62 bits per heavy atom. The molecule has 1 N–H and O–H groups in total. The smallest absolute Gasteiger partial charge is 0.321 e. The molecule has 2 amide bonds. The van der Waals surface area contributed by atoms with E-state index < -0.39 is 0 Å². The molecule has 0 unspecified atom stereocenters. The lowest BCUT2D eigenvalue weighted by Crippen LogP contribution is -2.38. The number of halogens is 2. The van der Waals surface area contributed by atoms with Gasteiger partial charge in [-0.25, -0.2) is 9.18 Å². The van der Waals surface area contributed by atoms with Gasteiger partial charge in [-0.3, -0.25) is 4.90 Å². The second-order valence-corrected chi connectivity index (χ2v) is 7.04. The molecule has 0 saturated carbocycles. The summed E-state index contributed by atoms with van der Waals surface area (Å²) in [4.78, 5) is 16.7. The first-order valence-corrected chi connectivity index (χ1v) is 9.18. The number of rotatable bonds is 3. The largest absolute Gasteiger partial charge is 0.323 e. The van der Waals surface area contributed by atoms with E-state index >= 15 is 0 Å². The maximum absolute atomic E-state index is 13.0. The van der Waals surface area contributed by atoms with E-state index in [9.17, 15) is 9.18 Å². The first-order chi connectivity index (χ1) is 12.5. The molecule has 0 aliphatic carbocycles. The summed E-state index contributed by atoms with van der Waals surface area (Å²) in [7, 11) is 0. The van der Waals surface area contributed by atoms with Gasteiger partial charge in [-0.2, -0.15) is 0 Å². The van der Waals surface area contributed by atoms with Gasteiger partial charge >= 0.3 is 6.03 Å². The summed E-state index contributed by atoms with van der Waals surface area (Å²) in [6.45, 7) is 5.77. The molecule has 1 fully saturated rings. The van der Waals surface area contributed by atoms with E-state index in [1.807, 2.05) is 36.1 Å². The summed E-state index contributed by atoms with van der Waals surface area (Å²) in [5, 5.41) is 3.56. The van der Waals surface area contributed by atoms with Crippen molar-refractivity contribution in [3.8, 4) is 0 Å². The molecule has 2 aromatic carbocycles. The van der Waals surface area contributed by atoms with Gasteiger partial charge in [0.15, 0.2) is 0 Å². The highest BCUT2D eigenvalue weighted by atomic mass is 35.5. The van der Waals surface area contributed by atoms with Crippen LogP contribution >= 0.6 is 11.6 Å². The highest BCUT2D eigenvalue weighted by molar-refractivity contribution is 6.31. The highest BCUT2D eigenvalue weighted by Gasteiger charge is 2.19. The predicted octanol–water partition coefficient (Wildman–Crippen LogP) is 4.53. The zero-order valence-corrected chi connectivity index (χ0v) is 15.6. The summed E-state index contributed by atoms with van der Waals surface area (Å²) in [6.07, 6.45) is 0.906. The molecule has 6 heteroatoms. The molecule has 26 heavy (non-hydrogen) atoms. The van der Waals surface area contributed by atoms with Gasteiger partial charge in [0, 0.05) is 43.4 Å². The summed E-state index contributed by atoms with van der Waals surface area (Å²) in [5.41, 5.74) is 2.77. The number of hydrogen-bond acceptors (Lipinski definition) is 2. The summed E-state index contributed by atoms with van der Waals surface area (Å²) in [6, 6.07) is 12.0. The van der Waals surface area contributed by atoms with Gasteiger partial charge < -0.3 is 10.2 Å². The minimum atomic E-state index is -0.219. The average Bonchev–Trinajstić information content (AvgIpc) is 2.86. The third kappa shape index (κ3) is 4.96. The lowest BCUT2D eigenvalue weighted by Gasteiger charge is -2.22. The number of carbonyl (C=O) groups is 1. The second kappa shape index (κ2) is 8.52. The van der Waals surface area contributed by atoms with Crippen molar-refractivity contribution < 1.29 is 9.18 Å². The molecule has 2 aromatic rings. The minimum absolute atomic E-state index is 0.103. The van der Waals surface area contributed by atoms with E-state index in [-0.39, 0.29) is 11.8 Å². The normalized spacial score (nSPS) is 15.6. The Hall–Kier alpha value is -2.11. The van der Waals surface area contributed by atoms with Crippen molar-refractivity contribution in [2.75, 3.05) is 31.5 Å². The molecule has 1 saturated heterocycles. The Morgan fingerprint density at radius 2 is 1.88 bits per heavy atom. The number of aryl methyl sites for hydroxylation is 1. The quantitative estimate of drug-likeness (QED) is 0.855. The molecule has 1 heterocycles.